The molecule has 0 fully saturated rings. The number of aryl methyl sites for hydroxylation is 1. The van der Waals surface area contributed by atoms with Crippen molar-refractivity contribution in [1.82, 2.24) is 0 Å². The van der Waals surface area contributed by atoms with Crippen molar-refractivity contribution in [2.45, 2.75) is 25.3 Å². The SMILES string of the molecule is Oc1ccc2c(c1)CCCC2Nc1ccccc1I. The van der Waals surface area contributed by atoms with Crippen molar-refractivity contribution in [3.05, 3.63) is 57.2 Å². The normalized spacial score (nSPS) is 17.8. The molecule has 1 aliphatic rings. The van der Waals surface area contributed by atoms with Gasteiger partial charge >= 0.3 is 0 Å². The van der Waals surface area contributed by atoms with Gasteiger partial charge in [-0.2, -0.15) is 0 Å². The van der Waals surface area contributed by atoms with Crippen LogP contribution in [0.2, 0.25) is 0 Å². The van der Waals surface area contributed by atoms with E-state index in [4.69, 9.17) is 0 Å². The Kier molecular flexibility index (Phi) is 3.64. The molecule has 1 atom stereocenters. The van der Waals surface area contributed by atoms with Gasteiger partial charge in [-0.3, -0.25) is 0 Å². The van der Waals surface area contributed by atoms with Crippen molar-refractivity contribution < 1.29 is 5.11 Å². The molecule has 2 aromatic rings. The standard InChI is InChI=1S/C16H16INO/c17-14-5-1-2-6-16(14)18-15-7-3-4-11-10-12(19)8-9-13(11)15/h1-2,5-6,8-10,15,18-19H,3-4,7H2. The monoisotopic (exact) mass is 365 g/mol. The molecule has 19 heavy (non-hydrogen) atoms. The van der Waals surface area contributed by atoms with Crippen molar-refractivity contribution in [2.75, 3.05) is 5.32 Å². The van der Waals surface area contributed by atoms with E-state index >= 15 is 0 Å². The van der Waals surface area contributed by atoms with Gasteiger partial charge in [-0.15, -0.1) is 0 Å². The van der Waals surface area contributed by atoms with Gasteiger partial charge in [-0.25, -0.2) is 0 Å². The van der Waals surface area contributed by atoms with E-state index < -0.39 is 0 Å². The predicted octanol–water partition coefficient (Wildman–Crippen LogP) is 4.49. The number of rotatable bonds is 2. The van der Waals surface area contributed by atoms with Crippen LogP contribution in [0.3, 0.4) is 0 Å². The average Bonchev–Trinajstić information content (AvgIpc) is 2.41. The summed E-state index contributed by atoms with van der Waals surface area (Å²) in [4.78, 5) is 0. The van der Waals surface area contributed by atoms with Gasteiger partial charge in [0, 0.05) is 9.26 Å². The van der Waals surface area contributed by atoms with Crippen LogP contribution in [0.1, 0.15) is 30.0 Å². The highest BCUT2D eigenvalue weighted by atomic mass is 127. The highest BCUT2D eigenvalue weighted by Crippen LogP contribution is 2.35. The Labute approximate surface area is 127 Å². The third kappa shape index (κ3) is 2.71. The molecule has 2 nitrogen and oxygen atoms in total. The second-order valence-corrected chi connectivity index (χ2v) is 6.11. The lowest BCUT2D eigenvalue weighted by Crippen LogP contribution is -2.17. The summed E-state index contributed by atoms with van der Waals surface area (Å²) >= 11 is 2.36. The molecule has 1 aliphatic carbocycles. The number of anilines is 1. The van der Waals surface area contributed by atoms with Crippen LogP contribution in [0.25, 0.3) is 0 Å². The van der Waals surface area contributed by atoms with Gasteiger partial charge in [0.15, 0.2) is 0 Å². The molecule has 0 bridgehead atoms. The molecule has 0 amide bonds. The van der Waals surface area contributed by atoms with E-state index in [-0.39, 0.29) is 0 Å². The number of phenols is 1. The van der Waals surface area contributed by atoms with Crippen molar-refractivity contribution in [3.63, 3.8) is 0 Å². The van der Waals surface area contributed by atoms with Crippen molar-refractivity contribution in [1.29, 1.82) is 0 Å². The van der Waals surface area contributed by atoms with Crippen LogP contribution in [0.15, 0.2) is 42.5 Å². The first-order chi connectivity index (χ1) is 9.24. The molecule has 3 rings (SSSR count). The zero-order valence-electron chi connectivity index (χ0n) is 10.6. The van der Waals surface area contributed by atoms with E-state index in [0.29, 0.717) is 11.8 Å². The minimum atomic E-state index is 0.347. The minimum absolute atomic E-state index is 0.347. The Morgan fingerprint density at radius 3 is 2.84 bits per heavy atom. The highest BCUT2D eigenvalue weighted by molar-refractivity contribution is 14.1. The molecule has 0 saturated carbocycles. The summed E-state index contributed by atoms with van der Waals surface area (Å²) in [5, 5.41) is 13.2. The quantitative estimate of drug-likeness (QED) is 0.769. The van der Waals surface area contributed by atoms with E-state index in [2.05, 4.69) is 58.2 Å². The number of benzene rings is 2. The fraction of sp³-hybridized carbons (Fsp3) is 0.250. The Balaban J connectivity index is 1.90. The maximum atomic E-state index is 9.59. The zero-order chi connectivity index (χ0) is 13.2. The van der Waals surface area contributed by atoms with Gasteiger partial charge in [0.1, 0.15) is 5.75 Å². The van der Waals surface area contributed by atoms with Crippen LogP contribution in [0.5, 0.6) is 5.75 Å². The van der Waals surface area contributed by atoms with Crippen molar-refractivity contribution in [3.8, 4) is 5.75 Å². The molecule has 1 unspecified atom stereocenters. The molecule has 3 heteroatoms. The topological polar surface area (TPSA) is 32.3 Å². The summed E-state index contributed by atoms with van der Waals surface area (Å²) in [5.74, 6) is 0.369. The third-order valence-corrected chi connectivity index (χ3v) is 4.59. The number of halogens is 1. The molecule has 2 aromatic carbocycles. The fourth-order valence-electron chi connectivity index (χ4n) is 2.72. The molecule has 98 valence electrons. The second-order valence-electron chi connectivity index (χ2n) is 4.95. The lowest BCUT2D eigenvalue weighted by Gasteiger charge is -2.27. The first-order valence-electron chi connectivity index (χ1n) is 6.57. The number of nitrogens with one attached hydrogen (secondary N) is 1. The molecular weight excluding hydrogens is 349 g/mol. The number of hydrogen-bond donors (Lipinski definition) is 2. The highest BCUT2D eigenvalue weighted by Gasteiger charge is 2.20. The maximum Gasteiger partial charge on any atom is 0.115 e. The molecule has 0 radical (unpaired) electrons. The van der Waals surface area contributed by atoms with E-state index in [0.717, 1.165) is 19.3 Å². The summed E-state index contributed by atoms with van der Waals surface area (Å²) in [6.45, 7) is 0. The molecular formula is C16H16INO. The van der Waals surface area contributed by atoms with Crippen LogP contribution >= 0.6 is 22.6 Å². The third-order valence-electron chi connectivity index (χ3n) is 3.64. The van der Waals surface area contributed by atoms with Crippen LogP contribution in [-0.2, 0) is 6.42 Å². The maximum absolute atomic E-state index is 9.59. The van der Waals surface area contributed by atoms with Gasteiger partial charge in [-0.05, 0) is 77.2 Å². The Bertz CT molecular complexity index is 597. The smallest absolute Gasteiger partial charge is 0.115 e. The minimum Gasteiger partial charge on any atom is -0.508 e. The molecule has 2 N–H and O–H groups in total. The summed E-state index contributed by atoms with van der Waals surface area (Å²) in [6.07, 6.45) is 3.37. The van der Waals surface area contributed by atoms with E-state index in [1.807, 2.05) is 6.07 Å². The van der Waals surface area contributed by atoms with Crippen molar-refractivity contribution in [2.24, 2.45) is 0 Å². The number of fused-ring (bicyclic) bond motifs is 1. The first-order valence-corrected chi connectivity index (χ1v) is 7.65. The predicted molar refractivity (Wildman–Crippen MR) is 86.6 cm³/mol. The number of phenolic OH excluding ortho intramolecular Hbond substituents is 1. The molecule has 0 spiro atoms. The molecule has 0 aromatic heterocycles. The Morgan fingerprint density at radius 2 is 2.00 bits per heavy atom. The second kappa shape index (κ2) is 5.41. The largest absolute Gasteiger partial charge is 0.508 e. The molecule has 0 saturated heterocycles. The van der Waals surface area contributed by atoms with E-state index in [1.54, 1.807) is 6.07 Å². The first kappa shape index (κ1) is 12.8. The Morgan fingerprint density at radius 1 is 1.16 bits per heavy atom. The van der Waals surface area contributed by atoms with Crippen LogP contribution < -0.4 is 5.32 Å². The van der Waals surface area contributed by atoms with E-state index in [1.165, 1.54) is 20.4 Å². The number of para-hydroxylation sites is 1. The zero-order valence-corrected chi connectivity index (χ0v) is 12.7. The van der Waals surface area contributed by atoms with Gasteiger partial charge in [-0.1, -0.05) is 18.2 Å². The van der Waals surface area contributed by atoms with Crippen LogP contribution in [0.4, 0.5) is 5.69 Å². The average molecular weight is 365 g/mol. The van der Waals surface area contributed by atoms with Crippen molar-refractivity contribution >= 4 is 28.3 Å². The Hall–Kier alpha value is -1.23. The van der Waals surface area contributed by atoms with Gasteiger partial charge in [0.2, 0.25) is 0 Å². The molecule has 0 aliphatic heterocycles. The van der Waals surface area contributed by atoms with Gasteiger partial charge in [0.05, 0.1) is 6.04 Å². The number of aromatic hydroxyl groups is 1. The summed E-state index contributed by atoms with van der Waals surface area (Å²) < 4.78 is 1.24. The van der Waals surface area contributed by atoms with Gasteiger partial charge in [0.25, 0.3) is 0 Å². The lowest BCUT2D eigenvalue weighted by molar-refractivity contribution is 0.472. The molecule has 0 heterocycles. The van der Waals surface area contributed by atoms with Gasteiger partial charge < -0.3 is 10.4 Å². The lowest BCUT2D eigenvalue weighted by atomic mass is 9.87. The van der Waals surface area contributed by atoms with Crippen LogP contribution in [0, 0.1) is 3.57 Å². The van der Waals surface area contributed by atoms with E-state index in [9.17, 15) is 5.11 Å². The summed E-state index contributed by atoms with van der Waals surface area (Å²) in [7, 11) is 0. The van der Waals surface area contributed by atoms with Crippen LogP contribution in [-0.4, -0.2) is 5.11 Å². The summed E-state index contributed by atoms with van der Waals surface area (Å²) in [5.41, 5.74) is 3.78. The fourth-order valence-corrected chi connectivity index (χ4v) is 3.26. The number of hydrogen-bond acceptors (Lipinski definition) is 2. The summed E-state index contributed by atoms with van der Waals surface area (Å²) in [6, 6.07) is 14.4.